The SMILES string of the molecule is CN(C)CCn1ncc(Br)c1C1(O)CC2CCC(C1)N2. The first-order valence-corrected chi connectivity index (χ1v) is 8.12. The van der Waals surface area contributed by atoms with Crippen LogP contribution in [0.15, 0.2) is 10.7 Å². The number of likely N-dealkylation sites (N-methyl/N-ethyl adjacent to an activating group) is 1. The van der Waals surface area contributed by atoms with Crippen molar-refractivity contribution in [2.24, 2.45) is 0 Å². The molecule has 0 aromatic carbocycles. The van der Waals surface area contributed by atoms with Gasteiger partial charge >= 0.3 is 0 Å². The maximum atomic E-state index is 11.2. The molecule has 2 atom stereocenters. The summed E-state index contributed by atoms with van der Waals surface area (Å²) in [7, 11) is 4.11. The number of hydrogen-bond acceptors (Lipinski definition) is 4. The molecule has 6 heteroatoms. The second kappa shape index (κ2) is 5.40. The molecular weight excluding hydrogens is 320 g/mol. The molecule has 2 unspecified atom stereocenters. The number of nitrogens with one attached hydrogen (secondary N) is 1. The van der Waals surface area contributed by atoms with Crippen LogP contribution in [-0.4, -0.2) is 52.5 Å². The van der Waals surface area contributed by atoms with Crippen molar-refractivity contribution in [3.63, 3.8) is 0 Å². The molecule has 3 heterocycles. The van der Waals surface area contributed by atoms with Crippen molar-refractivity contribution in [2.75, 3.05) is 20.6 Å². The van der Waals surface area contributed by atoms with Crippen LogP contribution in [0.5, 0.6) is 0 Å². The van der Waals surface area contributed by atoms with E-state index in [1.807, 2.05) is 10.9 Å². The summed E-state index contributed by atoms with van der Waals surface area (Å²) in [5, 5.41) is 19.2. The Labute approximate surface area is 128 Å². The fourth-order valence-electron chi connectivity index (χ4n) is 3.61. The lowest BCUT2D eigenvalue weighted by Gasteiger charge is -2.37. The van der Waals surface area contributed by atoms with Gasteiger partial charge in [0.1, 0.15) is 5.60 Å². The van der Waals surface area contributed by atoms with E-state index in [9.17, 15) is 5.11 Å². The van der Waals surface area contributed by atoms with Crippen LogP contribution in [0, 0.1) is 0 Å². The molecule has 0 amide bonds. The predicted molar refractivity (Wildman–Crippen MR) is 81.6 cm³/mol. The lowest BCUT2D eigenvalue weighted by Crippen LogP contribution is -2.47. The highest BCUT2D eigenvalue weighted by Gasteiger charge is 2.46. The Morgan fingerprint density at radius 2 is 2.10 bits per heavy atom. The Kier molecular flexibility index (Phi) is 3.92. The molecule has 2 N–H and O–H groups in total. The summed E-state index contributed by atoms with van der Waals surface area (Å²) in [6.07, 6.45) is 5.74. The van der Waals surface area contributed by atoms with Crippen LogP contribution < -0.4 is 5.32 Å². The number of aromatic nitrogens is 2. The minimum Gasteiger partial charge on any atom is -0.383 e. The lowest BCUT2D eigenvalue weighted by molar-refractivity contribution is -0.0200. The lowest BCUT2D eigenvalue weighted by atomic mass is 9.84. The number of halogens is 1. The van der Waals surface area contributed by atoms with E-state index in [4.69, 9.17) is 0 Å². The summed E-state index contributed by atoms with van der Waals surface area (Å²) in [6.45, 7) is 1.72. The Balaban J connectivity index is 1.87. The van der Waals surface area contributed by atoms with Gasteiger partial charge in [-0.05, 0) is 55.7 Å². The highest BCUT2D eigenvalue weighted by Crippen LogP contribution is 2.42. The van der Waals surface area contributed by atoms with E-state index in [2.05, 4.69) is 45.3 Å². The molecule has 2 fully saturated rings. The topological polar surface area (TPSA) is 53.3 Å². The van der Waals surface area contributed by atoms with E-state index in [1.165, 1.54) is 12.8 Å². The van der Waals surface area contributed by atoms with E-state index in [-0.39, 0.29) is 0 Å². The molecule has 112 valence electrons. The van der Waals surface area contributed by atoms with Crippen LogP contribution in [0.3, 0.4) is 0 Å². The number of nitrogens with zero attached hydrogens (tertiary/aromatic N) is 3. The number of hydrogen-bond donors (Lipinski definition) is 2. The molecule has 2 aliphatic heterocycles. The Hall–Kier alpha value is -0.430. The van der Waals surface area contributed by atoms with Gasteiger partial charge in [-0.2, -0.15) is 5.10 Å². The summed E-state index contributed by atoms with van der Waals surface area (Å²) in [6, 6.07) is 0.894. The zero-order chi connectivity index (χ0) is 14.3. The normalized spacial score (nSPS) is 33.0. The molecule has 0 spiro atoms. The van der Waals surface area contributed by atoms with E-state index < -0.39 is 5.60 Å². The first-order valence-electron chi connectivity index (χ1n) is 7.33. The molecule has 5 nitrogen and oxygen atoms in total. The molecule has 0 radical (unpaired) electrons. The van der Waals surface area contributed by atoms with Crippen molar-refractivity contribution in [3.8, 4) is 0 Å². The molecule has 2 aliphatic rings. The molecular formula is C14H23BrN4O. The number of piperidine rings is 1. The number of aliphatic hydroxyl groups is 1. The second-order valence-electron chi connectivity index (χ2n) is 6.45. The second-order valence-corrected chi connectivity index (χ2v) is 7.30. The van der Waals surface area contributed by atoms with Crippen molar-refractivity contribution < 1.29 is 5.11 Å². The summed E-state index contributed by atoms with van der Waals surface area (Å²) in [5.41, 5.74) is 0.205. The first-order chi connectivity index (χ1) is 9.48. The molecule has 1 aromatic heterocycles. The highest BCUT2D eigenvalue weighted by molar-refractivity contribution is 9.10. The van der Waals surface area contributed by atoms with Gasteiger partial charge in [0.2, 0.25) is 0 Å². The maximum Gasteiger partial charge on any atom is 0.110 e. The minimum absolute atomic E-state index is 0.447. The maximum absolute atomic E-state index is 11.2. The highest BCUT2D eigenvalue weighted by atomic mass is 79.9. The third kappa shape index (κ3) is 2.66. The third-order valence-corrected chi connectivity index (χ3v) is 5.08. The average Bonchev–Trinajstić information content (AvgIpc) is 2.90. The Morgan fingerprint density at radius 1 is 1.45 bits per heavy atom. The van der Waals surface area contributed by atoms with Gasteiger partial charge in [0.25, 0.3) is 0 Å². The van der Waals surface area contributed by atoms with Crippen molar-refractivity contribution in [1.29, 1.82) is 0 Å². The number of fused-ring (bicyclic) bond motifs is 2. The van der Waals surface area contributed by atoms with Crippen LogP contribution in [0.25, 0.3) is 0 Å². The summed E-state index contributed by atoms with van der Waals surface area (Å²) < 4.78 is 2.90. The summed E-state index contributed by atoms with van der Waals surface area (Å²) in [4.78, 5) is 2.13. The van der Waals surface area contributed by atoms with E-state index >= 15 is 0 Å². The predicted octanol–water partition coefficient (Wildman–Crippen LogP) is 1.31. The smallest absolute Gasteiger partial charge is 0.110 e. The van der Waals surface area contributed by atoms with Gasteiger partial charge in [0.15, 0.2) is 0 Å². The van der Waals surface area contributed by atoms with E-state index in [1.54, 1.807) is 0 Å². The van der Waals surface area contributed by atoms with Gasteiger partial charge in [-0.3, -0.25) is 4.68 Å². The van der Waals surface area contributed by atoms with Crippen molar-refractivity contribution >= 4 is 15.9 Å². The third-order valence-electron chi connectivity index (χ3n) is 4.50. The zero-order valence-electron chi connectivity index (χ0n) is 12.1. The Bertz CT molecular complexity index is 476. The van der Waals surface area contributed by atoms with Crippen LogP contribution in [0.4, 0.5) is 0 Å². The largest absolute Gasteiger partial charge is 0.383 e. The van der Waals surface area contributed by atoms with Crippen LogP contribution in [0.2, 0.25) is 0 Å². The van der Waals surface area contributed by atoms with Gasteiger partial charge in [-0.15, -0.1) is 0 Å². The quantitative estimate of drug-likeness (QED) is 0.866. The van der Waals surface area contributed by atoms with Crippen LogP contribution in [-0.2, 0) is 12.1 Å². The molecule has 0 saturated carbocycles. The van der Waals surface area contributed by atoms with Crippen molar-refractivity contribution in [2.45, 2.75) is 49.9 Å². The van der Waals surface area contributed by atoms with Crippen LogP contribution in [0.1, 0.15) is 31.4 Å². The molecule has 2 saturated heterocycles. The summed E-state index contributed by atoms with van der Waals surface area (Å²) in [5.74, 6) is 0. The van der Waals surface area contributed by atoms with Gasteiger partial charge in [0.05, 0.1) is 22.9 Å². The van der Waals surface area contributed by atoms with E-state index in [0.29, 0.717) is 12.1 Å². The van der Waals surface area contributed by atoms with Gasteiger partial charge in [-0.25, -0.2) is 0 Å². The monoisotopic (exact) mass is 342 g/mol. The summed E-state index contributed by atoms with van der Waals surface area (Å²) >= 11 is 3.58. The standard InChI is InChI=1S/C14H23BrN4O/c1-18(2)5-6-19-13(12(15)9-16-19)14(20)7-10-3-4-11(8-14)17-10/h9-11,17,20H,3-8H2,1-2H3. The average molecular weight is 343 g/mol. The minimum atomic E-state index is -0.751. The number of rotatable bonds is 4. The molecule has 20 heavy (non-hydrogen) atoms. The van der Waals surface area contributed by atoms with Crippen molar-refractivity contribution in [1.82, 2.24) is 20.0 Å². The molecule has 2 bridgehead atoms. The van der Waals surface area contributed by atoms with Gasteiger partial charge in [-0.1, -0.05) is 0 Å². The first kappa shape index (κ1) is 14.5. The molecule has 0 aliphatic carbocycles. The van der Waals surface area contributed by atoms with Gasteiger partial charge in [0, 0.05) is 18.6 Å². The fraction of sp³-hybridized carbons (Fsp3) is 0.786. The molecule has 1 aromatic rings. The van der Waals surface area contributed by atoms with Crippen LogP contribution >= 0.6 is 15.9 Å². The zero-order valence-corrected chi connectivity index (χ0v) is 13.7. The van der Waals surface area contributed by atoms with Crippen molar-refractivity contribution in [3.05, 3.63) is 16.4 Å². The fourth-order valence-corrected chi connectivity index (χ4v) is 4.27. The molecule has 3 rings (SSSR count). The Morgan fingerprint density at radius 3 is 2.70 bits per heavy atom. The van der Waals surface area contributed by atoms with Gasteiger partial charge < -0.3 is 15.3 Å². The van der Waals surface area contributed by atoms with E-state index in [0.717, 1.165) is 36.1 Å².